The van der Waals surface area contributed by atoms with Crippen LogP contribution in [0.1, 0.15) is 48.2 Å². The number of aliphatic hydroxyl groups excluding tert-OH is 1. The topological polar surface area (TPSA) is 113 Å². The van der Waals surface area contributed by atoms with Crippen LogP contribution in [0, 0.1) is 19.8 Å². The average molecular weight is 451 g/mol. The predicted octanol–water partition coefficient (Wildman–Crippen LogP) is 2.96. The lowest BCUT2D eigenvalue weighted by Gasteiger charge is -2.33. The number of benzene rings is 1. The molecule has 0 amide bonds. The zero-order chi connectivity index (χ0) is 23.5. The number of rotatable bonds is 9. The molecule has 0 aliphatic carbocycles. The van der Waals surface area contributed by atoms with Gasteiger partial charge in [-0.2, -0.15) is 0 Å². The quantitative estimate of drug-likeness (QED) is 0.403. The second-order valence-electron chi connectivity index (χ2n) is 8.80. The van der Waals surface area contributed by atoms with E-state index in [1.807, 2.05) is 31.2 Å². The van der Waals surface area contributed by atoms with Crippen molar-refractivity contribution in [1.82, 2.24) is 30.1 Å². The predicted molar refractivity (Wildman–Crippen MR) is 125 cm³/mol. The van der Waals surface area contributed by atoms with Gasteiger partial charge in [-0.15, -0.1) is 5.10 Å². The van der Waals surface area contributed by atoms with Crippen molar-refractivity contribution in [2.75, 3.05) is 13.2 Å². The van der Waals surface area contributed by atoms with Crippen LogP contribution in [0.15, 0.2) is 45.8 Å². The molecule has 33 heavy (non-hydrogen) atoms. The number of H-pyrrole nitrogens is 1. The molecule has 1 aromatic carbocycles. The molecule has 3 heterocycles. The summed E-state index contributed by atoms with van der Waals surface area (Å²) in [7, 11) is 0. The molecule has 174 valence electrons. The lowest BCUT2D eigenvalue weighted by molar-refractivity contribution is 0.105. The smallest absolute Gasteiger partial charge is 0.252 e. The highest BCUT2D eigenvalue weighted by Crippen LogP contribution is 2.29. The van der Waals surface area contributed by atoms with Gasteiger partial charge >= 0.3 is 0 Å². The average Bonchev–Trinajstić information content (AvgIpc) is 3.43. The van der Waals surface area contributed by atoms with Crippen molar-refractivity contribution in [3.8, 4) is 0 Å². The van der Waals surface area contributed by atoms with Crippen LogP contribution in [0.5, 0.6) is 0 Å². The van der Waals surface area contributed by atoms with E-state index in [9.17, 15) is 9.90 Å². The Labute approximate surface area is 192 Å². The fourth-order valence-corrected chi connectivity index (χ4v) is 4.27. The molecule has 0 saturated heterocycles. The van der Waals surface area contributed by atoms with Gasteiger partial charge in [0, 0.05) is 24.2 Å². The first-order valence-corrected chi connectivity index (χ1v) is 11.1. The molecule has 2 N–H and O–H groups in total. The van der Waals surface area contributed by atoms with Crippen molar-refractivity contribution in [3.63, 3.8) is 0 Å². The molecule has 3 aromatic heterocycles. The number of furan rings is 1. The molecule has 0 saturated carbocycles. The summed E-state index contributed by atoms with van der Waals surface area (Å²) in [4.78, 5) is 18.0. The number of nitrogens with one attached hydrogen (secondary N) is 1. The number of fused-ring (bicyclic) bond motifs is 1. The third-order valence-corrected chi connectivity index (χ3v) is 6.03. The molecule has 0 aliphatic rings. The summed E-state index contributed by atoms with van der Waals surface area (Å²) in [5, 5.41) is 23.2. The molecule has 0 fully saturated rings. The highest BCUT2D eigenvalue weighted by atomic mass is 16.3. The number of aryl methyl sites for hydroxylation is 2. The van der Waals surface area contributed by atoms with Crippen LogP contribution in [-0.4, -0.2) is 48.3 Å². The van der Waals surface area contributed by atoms with Gasteiger partial charge in [0.2, 0.25) is 0 Å². The van der Waals surface area contributed by atoms with Crippen LogP contribution in [-0.2, 0) is 13.1 Å². The van der Waals surface area contributed by atoms with E-state index in [-0.39, 0.29) is 24.1 Å². The number of hydrogen-bond donors (Lipinski definition) is 2. The minimum absolute atomic E-state index is 0.0489. The fourth-order valence-electron chi connectivity index (χ4n) is 4.27. The third-order valence-electron chi connectivity index (χ3n) is 6.03. The summed E-state index contributed by atoms with van der Waals surface area (Å²) in [6.07, 6.45) is 1.62. The SMILES string of the molecule is Cc1cc2cc(CN(CCO)C(c3nnnn3Cc3ccco3)C(C)C)c(=O)[nH]c2cc1C. The van der Waals surface area contributed by atoms with Gasteiger partial charge in [-0.1, -0.05) is 13.8 Å². The number of aliphatic hydroxyl groups is 1. The first-order chi connectivity index (χ1) is 15.9. The Hall–Kier alpha value is -3.30. The molecule has 4 aromatic rings. The highest BCUT2D eigenvalue weighted by molar-refractivity contribution is 5.80. The molecule has 0 radical (unpaired) electrons. The van der Waals surface area contributed by atoms with Crippen LogP contribution >= 0.6 is 0 Å². The van der Waals surface area contributed by atoms with E-state index >= 15 is 0 Å². The van der Waals surface area contributed by atoms with Gasteiger partial charge in [-0.3, -0.25) is 9.69 Å². The normalized spacial score (nSPS) is 12.8. The van der Waals surface area contributed by atoms with Crippen LogP contribution in [0.4, 0.5) is 0 Å². The molecule has 4 rings (SSSR count). The molecule has 9 nitrogen and oxygen atoms in total. The van der Waals surface area contributed by atoms with Gasteiger partial charge in [-0.25, -0.2) is 4.68 Å². The van der Waals surface area contributed by atoms with Crippen molar-refractivity contribution >= 4 is 10.9 Å². The summed E-state index contributed by atoms with van der Waals surface area (Å²) in [6.45, 7) is 9.34. The van der Waals surface area contributed by atoms with Crippen molar-refractivity contribution < 1.29 is 9.52 Å². The van der Waals surface area contributed by atoms with Gasteiger partial charge in [0.25, 0.3) is 5.56 Å². The number of tetrazole rings is 1. The van der Waals surface area contributed by atoms with Crippen LogP contribution in [0.2, 0.25) is 0 Å². The maximum absolute atomic E-state index is 12.9. The van der Waals surface area contributed by atoms with E-state index in [0.717, 1.165) is 22.2 Å². The van der Waals surface area contributed by atoms with E-state index in [1.54, 1.807) is 10.9 Å². The van der Waals surface area contributed by atoms with Crippen LogP contribution in [0.25, 0.3) is 10.9 Å². The van der Waals surface area contributed by atoms with Crippen molar-refractivity contribution in [1.29, 1.82) is 0 Å². The van der Waals surface area contributed by atoms with E-state index < -0.39 is 0 Å². The Kier molecular flexibility index (Phi) is 6.71. The minimum atomic E-state index is -0.211. The van der Waals surface area contributed by atoms with Crippen molar-refractivity contribution in [2.24, 2.45) is 5.92 Å². The van der Waals surface area contributed by atoms with Gasteiger partial charge in [0.15, 0.2) is 5.82 Å². The molecule has 9 heteroatoms. The molecule has 1 unspecified atom stereocenters. The van der Waals surface area contributed by atoms with Crippen molar-refractivity contribution in [2.45, 2.75) is 46.8 Å². The van der Waals surface area contributed by atoms with E-state index in [4.69, 9.17) is 4.42 Å². The number of pyridine rings is 1. The summed E-state index contributed by atoms with van der Waals surface area (Å²) < 4.78 is 7.18. The van der Waals surface area contributed by atoms with Gasteiger partial charge in [-0.05, 0) is 77.0 Å². The lowest BCUT2D eigenvalue weighted by atomic mass is 10.00. The molecular formula is C24H30N6O3. The molecule has 1 atom stereocenters. The number of aromatic nitrogens is 5. The van der Waals surface area contributed by atoms with E-state index in [0.29, 0.717) is 31.0 Å². The first-order valence-electron chi connectivity index (χ1n) is 11.1. The lowest BCUT2D eigenvalue weighted by Crippen LogP contribution is -2.37. The molecule has 0 spiro atoms. The minimum Gasteiger partial charge on any atom is -0.467 e. The Morgan fingerprint density at radius 3 is 2.70 bits per heavy atom. The maximum atomic E-state index is 12.9. The number of aromatic amines is 1. The summed E-state index contributed by atoms with van der Waals surface area (Å²) in [6, 6.07) is 9.52. The molecular weight excluding hydrogens is 420 g/mol. The van der Waals surface area contributed by atoms with Crippen LogP contribution in [0.3, 0.4) is 0 Å². The summed E-state index contributed by atoms with van der Waals surface area (Å²) in [5.74, 6) is 1.54. The molecule has 0 aliphatic heterocycles. The van der Waals surface area contributed by atoms with E-state index in [2.05, 4.69) is 52.2 Å². The summed E-state index contributed by atoms with van der Waals surface area (Å²) >= 11 is 0. The Morgan fingerprint density at radius 2 is 2.00 bits per heavy atom. The standard InChI is InChI=1S/C24H30N6O3/c1-15(2)22(23-26-27-28-30(23)14-20-6-5-9-33-20)29(7-8-31)13-19-12-18-10-16(3)17(4)11-21(18)25-24(19)32/h5-6,9-12,15,22,31H,7-8,13-14H2,1-4H3,(H,25,32). The Morgan fingerprint density at radius 1 is 1.21 bits per heavy atom. The zero-order valence-corrected chi connectivity index (χ0v) is 19.4. The van der Waals surface area contributed by atoms with Crippen LogP contribution < -0.4 is 5.56 Å². The number of nitrogens with zero attached hydrogens (tertiary/aromatic N) is 5. The second kappa shape index (κ2) is 9.68. The Bertz CT molecular complexity index is 1280. The first kappa shape index (κ1) is 22.9. The fraction of sp³-hybridized carbons (Fsp3) is 0.417. The zero-order valence-electron chi connectivity index (χ0n) is 19.4. The summed E-state index contributed by atoms with van der Waals surface area (Å²) in [5.41, 5.74) is 3.63. The second-order valence-corrected chi connectivity index (χ2v) is 8.80. The molecule has 0 bridgehead atoms. The number of hydrogen-bond acceptors (Lipinski definition) is 7. The van der Waals surface area contributed by atoms with Crippen molar-refractivity contribution in [3.05, 3.63) is 75.2 Å². The van der Waals surface area contributed by atoms with Gasteiger partial charge < -0.3 is 14.5 Å². The van der Waals surface area contributed by atoms with Gasteiger partial charge in [0.05, 0.1) is 18.9 Å². The van der Waals surface area contributed by atoms with Gasteiger partial charge in [0.1, 0.15) is 12.3 Å². The maximum Gasteiger partial charge on any atom is 0.252 e. The third kappa shape index (κ3) is 4.89. The Balaban J connectivity index is 1.70. The monoisotopic (exact) mass is 450 g/mol. The largest absolute Gasteiger partial charge is 0.467 e. The highest BCUT2D eigenvalue weighted by Gasteiger charge is 2.30. The van der Waals surface area contributed by atoms with E-state index in [1.165, 1.54) is 5.56 Å².